The van der Waals surface area contributed by atoms with Gasteiger partial charge in [0.2, 0.25) is 0 Å². The summed E-state index contributed by atoms with van der Waals surface area (Å²) in [5, 5.41) is 0. The van der Waals surface area contributed by atoms with E-state index in [-0.39, 0.29) is 0 Å². The van der Waals surface area contributed by atoms with E-state index in [1.54, 1.807) is 0 Å². The van der Waals surface area contributed by atoms with E-state index in [9.17, 15) is 0 Å². The molecule has 0 amide bonds. The van der Waals surface area contributed by atoms with Crippen molar-refractivity contribution in [3.8, 4) is 0 Å². The molecule has 36 valence electrons. The van der Waals surface area contributed by atoms with Gasteiger partial charge in [-0.3, -0.25) is 0 Å². The summed E-state index contributed by atoms with van der Waals surface area (Å²) in [4.78, 5) is 7.46. The fourth-order valence-electron chi connectivity index (χ4n) is 0.324. The summed E-state index contributed by atoms with van der Waals surface area (Å²) in [5.74, 6) is 0.833. The minimum Gasteiger partial charge on any atom is -0.166 e. The molecule has 0 saturated heterocycles. The first-order valence-corrected chi connectivity index (χ1v) is 2.14. The third-order valence-electron chi connectivity index (χ3n) is 0.759. The highest BCUT2D eigenvalue weighted by Gasteiger charge is 1.95. The predicted molar refractivity (Wildman–Crippen MR) is 28.2 cm³/mol. The zero-order valence-corrected chi connectivity index (χ0v) is 4.39. The molecule has 0 fully saturated rings. The number of rotatable bonds is 0. The van der Waals surface area contributed by atoms with Gasteiger partial charge in [-0.2, -0.15) is 9.98 Å². The van der Waals surface area contributed by atoms with Crippen molar-refractivity contribution in [1.29, 1.82) is 0 Å². The highest BCUT2D eigenvalue weighted by Crippen LogP contribution is 2.08. The fraction of sp³-hybridized carbons (Fsp3) is 0.400. The van der Waals surface area contributed by atoms with Crippen molar-refractivity contribution < 1.29 is 0 Å². The van der Waals surface area contributed by atoms with Gasteiger partial charge in [0.15, 0.2) is 5.82 Å². The smallest absolute Gasteiger partial charge is 0.166 e. The molecule has 7 heavy (non-hydrogen) atoms. The Morgan fingerprint density at radius 3 is 2.00 bits per heavy atom. The Bertz CT molecular complexity index is 157. The third-order valence-corrected chi connectivity index (χ3v) is 0.759. The molecule has 0 spiro atoms. The van der Waals surface area contributed by atoms with E-state index in [1.807, 2.05) is 13.8 Å². The van der Waals surface area contributed by atoms with E-state index < -0.39 is 0 Å². The lowest BCUT2D eigenvalue weighted by molar-refractivity contribution is 1.11. The minimum absolute atomic E-state index is 0.833. The fourth-order valence-corrected chi connectivity index (χ4v) is 0.324. The van der Waals surface area contributed by atoms with Crippen LogP contribution in [0.25, 0.3) is 0 Å². The lowest BCUT2D eigenvalue weighted by Crippen LogP contribution is -1.83. The van der Waals surface area contributed by atoms with E-state index in [2.05, 4.69) is 16.0 Å². The summed E-state index contributed by atoms with van der Waals surface area (Å²) in [7, 11) is 0. The molecular weight excluding hydrogens is 88.1 g/mol. The van der Waals surface area contributed by atoms with Gasteiger partial charge in [-0.25, -0.2) is 0 Å². The number of hydrogen-bond acceptors (Lipinski definition) is 2. The van der Waals surface area contributed by atoms with Gasteiger partial charge in [-0.05, 0) is 19.4 Å². The minimum atomic E-state index is 0.833. The molecule has 0 aliphatic carbocycles. The van der Waals surface area contributed by atoms with Crippen LogP contribution in [-0.4, -0.2) is 6.01 Å². The first-order valence-electron chi connectivity index (χ1n) is 2.14. The quantitative estimate of drug-likeness (QED) is 0.433. The van der Waals surface area contributed by atoms with Crippen LogP contribution in [0, 0.1) is 0 Å². The summed E-state index contributed by atoms with van der Waals surface area (Å²) >= 11 is 0. The van der Waals surface area contributed by atoms with Gasteiger partial charge in [0.05, 0.1) is 0 Å². The predicted octanol–water partition coefficient (Wildman–Crippen LogP) is 1.43. The Balaban J connectivity index is 2.81. The number of nitrogens with zero attached hydrogens (tertiary/aromatic N) is 2. The molecule has 0 aromatic rings. The van der Waals surface area contributed by atoms with Gasteiger partial charge in [-0.1, -0.05) is 0 Å². The molecule has 0 aromatic carbocycles. The van der Waals surface area contributed by atoms with Gasteiger partial charge in [0, 0.05) is 0 Å². The number of hydrogen-bond donors (Lipinski definition) is 0. The van der Waals surface area contributed by atoms with E-state index in [4.69, 9.17) is 0 Å². The molecule has 2 nitrogen and oxygen atoms in total. The Labute approximate surface area is 42.3 Å². The monoisotopic (exact) mass is 94.1 g/mol. The summed E-state index contributed by atoms with van der Waals surface area (Å²) in [6, 6.07) is 2.43. The van der Waals surface area contributed by atoms with Crippen LogP contribution in [0.15, 0.2) is 21.4 Å². The lowest BCUT2D eigenvalue weighted by atomic mass is 10.3. The first kappa shape index (κ1) is 4.28. The topological polar surface area (TPSA) is 24.7 Å². The molecule has 0 N–H and O–H groups in total. The molecule has 1 rings (SSSR count). The van der Waals surface area contributed by atoms with Crippen molar-refractivity contribution in [3.05, 3.63) is 11.4 Å². The number of allylic oxidation sites excluding steroid dienone is 1. The molecule has 0 unspecified atom stereocenters. The summed E-state index contributed by atoms with van der Waals surface area (Å²) in [5.41, 5.74) is 1.15. The zero-order valence-electron chi connectivity index (χ0n) is 4.39. The molecule has 1 aliphatic heterocycles. The van der Waals surface area contributed by atoms with Crippen molar-refractivity contribution >= 4 is 6.01 Å². The average molecular weight is 94.1 g/mol. The van der Waals surface area contributed by atoms with Crippen molar-refractivity contribution in [2.75, 3.05) is 0 Å². The van der Waals surface area contributed by atoms with Gasteiger partial charge >= 0.3 is 0 Å². The SMILES string of the molecule is CC(C)=C1N=C=N1. The second-order valence-electron chi connectivity index (χ2n) is 1.65. The maximum absolute atomic E-state index is 3.73. The average Bonchev–Trinajstić information content (AvgIpc) is 1.23. The Morgan fingerprint density at radius 1 is 1.43 bits per heavy atom. The van der Waals surface area contributed by atoms with E-state index in [1.165, 1.54) is 0 Å². The van der Waals surface area contributed by atoms with Crippen LogP contribution >= 0.6 is 0 Å². The lowest BCUT2D eigenvalue weighted by Gasteiger charge is -1.95. The summed E-state index contributed by atoms with van der Waals surface area (Å²) in [6.45, 7) is 3.95. The van der Waals surface area contributed by atoms with Crippen LogP contribution in [0.5, 0.6) is 0 Å². The normalized spacial score (nSPS) is 14.3. The third kappa shape index (κ3) is 0.599. The molecule has 0 atom stereocenters. The van der Waals surface area contributed by atoms with Crippen molar-refractivity contribution in [2.24, 2.45) is 9.98 Å². The zero-order chi connectivity index (χ0) is 5.28. The van der Waals surface area contributed by atoms with Crippen LogP contribution in [0.1, 0.15) is 13.8 Å². The molecule has 0 saturated carbocycles. The van der Waals surface area contributed by atoms with Crippen LogP contribution in [0.3, 0.4) is 0 Å². The summed E-state index contributed by atoms with van der Waals surface area (Å²) < 4.78 is 0. The maximum atomic E-state index is 3.73. The van der Waals surface area contributed by atoms with Gasteiger partial charge in [0.1, 0.15) is 6.01 Å². The Morgan fingerprint density at radius 2 is 2.00 bits per heavy atom. The van der Waals surface area contributed by atoms with Gasteiger partial charge < -0.3 is 0 Å². The molecule has 2 heteroatoms. The largest absolute Gasteiger partial charge is 0.172 e. The van der Waals surface area contributed by atoms with Crippen molar-refractivity contribution in [3.63, 3.8) is 0 Å². The van der Waals surface area contributed by atoms with Crippen LogP contribution in [-0.2, 0) is 0 Å². The maximum Gasteiger partial charge on any atom is 0.172 e. The molecule has 1 heterocycles. The van der Waals surface area contributed by atoms with Gasteiger partial charge in [-0.15, -0.1) is 0 Å². The highest BCUT2D eigenvalue weighted by atomic mass is 15.0. The first-order chi connectivity index (χ1) is 3.30. The second-order valence-corrected chi connectivity index (χ2v) is 1.65. The highest BCUT2D eigenvalue weighted by molar-refractivity contribution is 5.54. The Kier molecular flexibility index (Phi) is 0.807. The number of aliphatic imine (C=N–C) groups is 2. The van der Waals surface area contributed by atoms with Crippen LogP contribution in [0.2, 0.25) is 0 Å². The molecular formula is C5H6N2. The van der Waals surface area contributed by atoms with Crippen molar-refractivity contribution in [2.45, 2.75) is 13.8 Å². The van der Waals surface area contributed by atoms with E-state index in [0.717, 1.165) is 11.4 Å². The Hall–Kier alpha value is -0.880. The van der Waals surface area contributed by atoms with E-state index in [0.29, 0.717) is 0 Å². The van der Waals surface area contributed by atoms with Crippen molar-refractivity contribution in [1.82, 2.24) is 0 Å². The van der Waals surface area contributed by atoms with Gasteiger partial charge in [0.25, 0.3) is 0 Å². The molecule has 0 radical (unpaired) electrons. The van der Waals surface area contributed by atoms with E-state index >= 15 is 0 Å². The summed E-state index contributed by atoms with van der Waals surface area (Å²) in [6.07, 6.45) is 0. The standard InChI is InChI=1S/C5H6N2/c1-4(2)5-6-3-7-5/h1-2H3. The molecule has 0 aromatic heterocycles. The van der Waals surface area contributed by atoms with Crippen LogP contribution < -0.4 is 0 Å². The molecule has 0 bridgehead atoms. The van der Waals surface area contributed by atoms with Crippen LogP contribution in [0.4, 0.5) is 0 Å². The second kappa shape index (κ2) is 1.32. The molecule has 1 aliphatic rings.